The molecule has 16 N–H and O–H groups in total. The number of carboxylic acids is 4. The molecule has 3 aliphatic rings. The highest BCUT2D eigenvalue weighted by atomic mass is 16.4. The van der Waals surface area contributed by atoms with Crippen LogP contribution < -0.4 is 58.9 Å². The van der Waals surface area contributed by atoms with Gasteiger partial charge in [0.1, 0.15) is 54.4 Å². The zero-order valence-corrected chi connectivity index (χ0v) is 52.5. The van der Waals surface area contributed by atoms with Crippen molar-refractivity contribution in [3.8, 4) is 0 Å². The van der Waals surface area contributed by atoms with Crippen molar-refractivity contribution in [2.24, 2.45) is 23.5 Å². The lowest BCUT2D eigenvalue weighted by atomic mass is 9.94. The summed E-state index contributed by atoms with van der Waals surface area (Å²) in [6.45, 7) is 9.84. The number of hydrogen-bond donors (Lipinski definition) is 15. The lowest BCUT2D eigenvalue weighted by molar-refractivity contribution is -0.152. The van der Waals surface area contributed by atoms with E-state index < -0.39 is 194 Å². The summed E-state index contributed by atoms with van der Waals surface area (Å²) in [7, 11) is 0. The quantitative estimate of drug-likeness (QED) is 0.0212. The summed E-state index contributed by atoms with van der Waals surface area (Å²) in [5.74, 6) is -19.9. The molecule has 3 saturated heterocycles. The van der Waals surface area contributed by atoms with Gasteiger partial charge in [-0.3, -0.25) is 76.7 Å². The van der Waals surface area contributed by atoms with E-state index in [2.05, 4.69) is 45.7 Å². The Kier molecular flexibility index (Phi) is 31.4. The van der Waals surface area contributed by atoms with E-state index in [4.69, 9.17) is 5.73 Å². The fourth-order valence-electron chi connectivity index (χ4n) is 10.4. The smallest absolute Gasteiger partial charge is 0.308 e. The van der Waals surface area contributed by atoms with Gasteiger partial charge < -0.3 is 89.1 Å². The van der Waals surface area contributed by atoms with Crippen molar-refractivity contribution in [2.75, 3.05) is 26.2 Å². The van der Waals surface area contributed by atoms with Crippen LogP contribution in [0.4, 0.5) is 0 Å². The molecule has 508 valence electrons. The van der Waals surface area contributed by atoms with E-state index >= 15 is 0 Å². The average Bonchev–Trinajstić information content (AvgIpc) is 4.03. The number of nitrogens with zero attached hydrogens (tertiary/aromatic N) is 2. The molecular weight excluding hydrogens is 1200 g/mol. The second-order valence-corrected chi connectivity index (χ2v) is 23.6. The minimum absolute atomic E-state index is 0.127. The third-order valence-corrected chi connectivity index (χ3v) is 15.8. The molecule has 3 fully saturated rings. The van der Waals surface area contributed by atoms with Gasteiger partial charge >= 0.3 is 23.9 Å². The molecule has 3 heterocycles. The molecule has 33 heteroatoms. The first-order chi connectivity index (χ1) is 42.8. The van der Waals surface area contributed by atoms with Gasteiger partial charge in [-0.1, -0.05) is 65.5 Å². The van der Waals surface area contributed by atoms with Crippen molar-refractivity contribution in [3.05, 3.63) is 12.2 Å². The van der Waals surface area contributed by atoms with Crippen molar-refractivity contribution >= 4 is 94.8 Å². The molecule has 91 heavy (non-hydrogen) atoms. The van der Waals surface area contributed by atoms with E-state index in [1.807, 2.05) is 21.3 Å². The Morgan fingerprint density at radius 2 is 1.14 bits per heavy atom. The number of carbonyl (C=O) groups is 16. The normalized spacial score (nSPS) is 19.6. The maximum atomic E-state index is 14.1. The van der Waals surface area contributed by atoms with Crippen LogP contribution in [0.3, 0.4) is 0 Å². The summed E-state index contributed by atoms with van der Waals surface area (Å²) < 4.78 is 0. The number of allylic oxidation sites excluding steroid dienone is 1. The number of carbonyl (C=O) groups excluding carboxylic acids is 12. The summed E-state index contributed by atoms with van der Waals surface area (Å²) >= 11 is 0. The monoisotopic (exact) mass is 1290 g/mol. The van der Waals surface area contributed by atoms with Crippen LogP contribution in [-0.4, -0.2) is 218 Å². The van der Waals surface area contributed by atoms with Crippen molar-refractivity contribution in [1.82, 2.24) is 63.0 Å². The van der Waals surface area contributed by atoms with Crippen molar-refractivity contribution in [3.63, 3.8) is 0 Å². The first-order valence-corrected chi connectivity index (χ1v) is 30.6. The molecule has 0 aromatic carbocycles. The maximum Gasteiger partial charge on any atom is 0.308 e. The van der Waals surface area contributed by atoms with Crippen LogP contribution in [0.15, 0.2) is 12.2 Å². The van der Waals surface area contributed by atoms with Crippen LogP contribution in [0, 0.1) is 17.8 Å². The molecule has 3 rings (SSSR count). The highest BCUT2D eigenvalue weighted by Crippen LogP contribution is 2.25. The minimum atomic E-state index is -2.14. The van der Waals surface area contributed by atoms with E-state index in [0.29, 0.717) is 31.7 Å². The number of fused-ring (bicyclic) bond motifs is 1. The Balaban J connectivity index is 1.61. The average molecular weight is 1290 g/mol. The molecule has 0 aromatic heterocycles. The highest BCUT2D eigenvalue weighted by Gasteiger charge is 2.46. The number of piperidine rings is 1. The van der Waals surface area contributed by atoms with Gasteiger partial charge in [0, 0.05) is 25.6 Å². The molecule has 12 amide bonds. The number of nitrogens with one attached hydrogen (secondary N) is 10. The predicted octanol–water partition coefficient (Wildman–Crippen LogP) is -3.41. The van der Waals surface area contributed by atoms with Gasteiger partial charge in [-0.05, 0) is 77.6 Å². The van der Waals surface area contributed by atoms with Crippen LogP contribution in [0.2, 0.25) is 0 Å². The van der Waals surface area contributed by atoms with Gasteiger partial charge in [0.2, 0.25) is 70.9 Å². The largest absolute Gasteiger partial charge is 0.481 e. The molecule has 1 unspecified atom stereocenters. The number of unbranched alkanes of at least 4 members (excludes halogenated alkanes) is 3. The Morgan fingerprint density at radius 3 is 1.70 bits per heavy atom. The molecule has 13 atom stereocenters. The van der Waals surface area contributed by atoms with Crippen molar-refractivity contribution in [1.29, 1.82) is 0 Å². The molecule has 0 saturated carbocycles. The van der Waals surface area contributed by atoms with E-state index in [1.54, 1.807) is 26.8 Å². The van der Waals surface area contributed by atoms with Crippen LogP contribution in [0.25, 0.3) is 0 Å². The zero-order valence-electron chi connectivity index (χ0n) is 52.5. The van der Waals surface area contributed by atoms with Gasteiger partial charge in [0.25, 0.3) is 0 Å². The molecule has 0 aromatic rings. The Hall–Kier alpha value is -8.78. The van der Waals surface area contributed by atoms with Crippen LogP contribution in [0.1, 0.15) is 145 Å². The number of hydrogen-bond acceptors (Lipinski definition) is 17. The van der Waals surface area contributed by atoms with Gasteiger partial charge in [-0.2, -0.15) is 0 Å². The molecular formula is C58H91N13O20. The molecule has 0 radical (unpaired) electrons. The van der Waals surface area contributed by atoms with Crippen molar-refractivity contribution in [2.45, 2.75) is 211 Å². The number of amides is 12. The third-order valence-electron chi connectivity index (χ3n) is 15.8. The lowest BCUT2D eigenvalue weighted by Crippen LogP contribution is -2.69. The van der Waals surface area contributed by atoms with Gasteiger partial charge in [-0.25, -0.2) is 0 Å². The molecule has 3 aliphatic heterocycles. The minimum Gasteiger partial charge on any atom is -0.481 e. The fourth-order valence-corrected chi connectivity index (χ4v) is 10.4. The van der Waals surface area contributed by atoms with E-state index in [1.165, 1.54) is 22.8 Å². The van der Waals surface area contributed by atoms with Gasteiger partial charge in [0.05, 0.1) is 44.3 Å². The number of piperazine rings is 1. The number of carboxylic acid groups (broad SMARTS) is 4. The first-order valence-electron chi connectivity index (χ1n) is 30.6. The van der Waals surface area contributed by atoms with Gasteiger partial charge in [-0.15, -0.1) is 0 Å². The van der Waals surface area contributed by atoms with Crippen LogP contribution >= 0.6 is 0 Å². The van der Waals surface area contributed by atoms with E-state index in [-0.39, 0.29) is 31.2 Å². The number of aliphatic carboxylic acids is 4. The summed E-state index contributed by atoms with van der Waals surface area (Å²) in [6, 6.07) is -15.5. The van der Waals surface area contributed by atoms with E-state index in [0.717, 1.165) is 51.9 Å². The molecule has 33 nitrogen and oxygen atoms in total. The van der Waals surface area contributed by atoms with Crippen LogP contribution in [-0.2, 0) is 76.7 Å². The third kappa shape index (κ3) is 24.8. The highest BCUT2D eigenvalue weighted by molar-refractivity contribution is 6.01. The standard InChI is InChI=1S/C58H91N13O20/c1-8-30(4)18-13-11-9-10-12-14-21-39(72)63-36(26-44(79)80)51(83)68-46(31(5)58(90)91)54(86)65-35(25-43(77)78)50(82)60-27-40(73)64-34(24-42(75)76)49(81)61-28-41(74)66-47(32(6)59)55(87)67-45(29(2)3)56(88)71-23-17-20-38(71)52(84)62-33(7)48-57(89)70-22-16-15-19-37(70)53(85)69-48/h12,14,29-38,45-48H,8-11,13,15-28,59H2,1-7H3,(H,60,82)(H,61,81)(H,62,84)(H,63,72)(H,64,73)(H,65,86)(H,66,74)(H,67,87)(H,68,83)(H,69,85)(H,75,76)(H,77,78)(H,79,80)(H,90,91)/b14-12+/t30?,31-,32+,33+,34+,35+,36+,37-,38+,45+,46+,47-,48+/m1/s1. The van der Waals surface area contributed by atoms with Crippen LogP contribution in [0.5, 0.6) is 0 Å². The number of rotatable bonds is 38. The summed E-state index contributed by atoms with van der Waals surface area (Å²) in [5, 5.41) is 61.3. The maximum absolute atomic E-state index is 14.1. The lowest BCUT2D eigenvalue weighted by Gasteiger charge is -2.43. The number of likely N-dealkylation sites (tertiary alicyclic amines) is 1. The van der Waals surface area contributed by atoms with Gasteiger partial charge in [0.15, 0.2) is 0 Å². The number of nitrogens with two attached hydrogens (primary N) is 1. The van der Waals surface area contributed by atoms with E-state index in [9.17, 15) is 97.1 Å². The SMILES string of the molecule is CCC(C)CCCCC/C=C/CC(=O)N[C@@H](CC(=O)O)C(=O)N[C@H](C(=O)N[C@@H](CC(=O)O)C(=O)NCC(=O)N[C@@H](CC(=O)O)C(=O)NCC(=O)N[C@@H](C(=O)N[C@H](C(=O)N1CCC[C@H]1C(=O)N[C@@H](C)[C@@H]1NC(=O)[C@H]2CCCCN2C1=O)C(C)C)[C@H](C)N)[C@@H](C)C(=O)O. The topological polar surface area (TPSA) is 507 Å². The molecule has 0 aliphatic carbocycles. The second-order valence-electron chi connectivity index (χ2n) is 23.6. The summed E-state index contributed by atoms with van der Waals surface area (Å²) in [6.07, 6.45) is 8.09. The zero-order chi connectivity index (χ0) is 68.4. The first kappa shape index (κ1) is 76.5. The van der Waals surface area contributed by atoms with Crippen molar-refractivity contribution < 1.29 is 97.1 Å². The second kappa shape index (κ2) is 37.4. The summed E-state index contributed by atoms with van der Waals surface area (Å²) in [5.41, 5.74) is 6.09. The fraction of sp³-hybridized carbons (Fsp3) is 0.690. The Labute approximate surface area is 526 Å². The Bertz CT molecular complexity index is 2710. The Morgan fingerprint density at radius 1 is 0.593 bits per heavy atom. The predicted molar refractivity (Wildman–Crippen MR) is 320 cm³/mol. The molecule has 0 spiro atoms. The summed E-state index contributed by atoms with van der Waals surface area (Å²) in [4.78, 5) is 211. The molecule has 0 bridgehead atoms.